The molecule has 1 aliphatic rings. The predicted molar refractivity (Wildman–Crippen MR) is 110 cm³/mol. The van der Waals surface area contributed by atoms with Gasteiger partial charge >= 0.3 is 0 Å². The SMILES string of the molecule is C1COCC[NH2+]1.COc1ccc(C=CC(=O)Nc2ccccc2C(=O)[O-])cc1OC. The molecule has 1 saturated heterocycles. The number of amides is 1. The Morgan fingerprint density at radius 3 is 2.33 bits per heavy atom. The number of carboxylic acids is 1. The molecule has 8 nitrogen and oxygen atoms in total. The third-order valence-corrected chi connectivity index (χ3v) is 4.17. The molecule has 1 amide bonds. The number of carbonyl (C=O) groups is 2. The molecule has 0 atom stereocenters. The molecular formula is C22H26N2O6. The van der Waals surface area contributed by atoms with Crippen LogP contribution in [-0.2, 0) is 9.53 Å². The summed E-state index contributed by atoms with van der Waals surface area (Å²) in [4.78, 5) is 23.0. The van der Waals surface area contributed by atoms with Gasteiger partial charge in [-0.2, -0.15) is 0 Å². The van der Waals surface area contributed by atoms with Crippen molar-refractivity contribution in [1.82, 2.24) is 0 Å². The summed E-state index contributed by atoms with van der Waals surface area (Å²) in [6, 6.07) is 11.2. The van der Waals surface area contributed by atoms with Gasteiger partial charge in [0.2, 0.25) is 5.91 Å². The summed E-state index contributed by atoms with van der Waals surface area (Å²) in [6.45, 7) is 4.19. The summed E-state index contributed by atoms with van der Waals surface area (Å²) in [5, 5.41) is 15.8. The van der Waals surface area contributed by atoms with Crippen molar-refractivity contribution in [1.29, 1.82) is 0 Å². The van der Waals surface area contributed by atoms with E-state index in [-0.39, 0.29) is 11.3 Å². The lowest BCUT2D eigenvalue weighted by Crippen LogP contribution is -2.87. The van der Waals surface area contributed by atoms with Crippen LogP contribution in [0.15, 0.2) is 48.5 Å². The minimum Gasteiger partial charge on any atom is -0.545 e. The van der Waals surface area contributed by atoms with Gasteiger partial charge in [-0.25, -0.2) is 0 Å². The van der Waals surface area contributed by atoms with E-state index in [0.717, 1.165) is 31.9 Å². The molecule has 1 heterocycles. The number of hydrogen-bond acceptors (Lipinski definition) is 6. The van der Waals surface area contributed by atoms with E-state index >= 15 is 0 Å². The molecule has 0 aromatic heterocycles. The number of anilines is 1. The molecule has 0 radical (unpaired) electrons. The monoisotopic (exact) mass is 414 g/mol. The Labute approximate surface area is 175 Å². The van der Waals surface area contributed by atoms with Crippen LogP contribution in [0.25, 0.3) is 6.08 Å². The molecule has 0 bridgehead atoms. The molecule has 30 heavy (non-hydrogen) atoms. The van der Waals surface area contributed by atoms with E-state index in [9.17, 15) is 14.7 Å². The van der Waals surface area contributed by atoms with Crippen LogP contribution in [0, 0.1) is 0 Å². The van der Waals surface area contributed by atoms with Gasteiger partial charge in [-0.3, -0.25) is 4.79 Å². The maximum atomic E-state index is 12.0. The first-order chi connectivity index (χ1) is 14.5. The van der Waals surface area contributed by atoms with Gasteiger partial charge in [0, 0.05) is 11.6 Å². The van der Waals surface area contributed by atoms with Crippen molar-refractivity contribution >= 4 is 23.6 Å². The molecule has 3 N–H and O–H groups in total. The highest BCUT2D eigenvalue weighted by Gasteiger charge is 2.06. The fraction of sp³-hybridized carbons (Fsp3) is 0.273. The lowest BCUT2D eigenvalue weighted by atomic mass is 10.1. The summed E-state index contributed by atoms with van der Waals surface area (Å²) in [7, 11) is 3.06. The van der Waals surface area contributed by atoms with Gasteiger partial charge in [0.15, 0.2) is 11.5 Å². The van der Waals surface area contributed by atoms with Crippen LogP contribution in [0.2, 0.25) is 0 Å². The van der Waals surface area contributed by atoms with E-state index in [0.29, 0.717) is 11.5 Å². The molecule has 160 valence electrons. The zero-order valence-electron chi connectivity index (χ0n) is 17.1. The number of nitrogens with two attached hydrogens (primary N) is 1. The van der Waals surface area contributed by atoms with Gasteiger partial charge in [0.1, 0.15) is 0 Å². The first-order valence-corrected chi connectivity index (χ1v) is 9.46. The second-order valence-corrected chi connectivity index (χ2v) is 6.25. The Morgan fingerprint density at radius 1 is 1.07 bits per heavy atom. The average molecular weight is 414 g/mol. The number of morpholine rings is 1. The molecule has 3 rings (SSSR count). The zero-order valence-corrected chi connectivity index (χ0v) is 17.1. The largest absolute Gasteiger partial charge is 0.545 e. The summed E-state index contributed by atoms with van der Waals surface area (Å²) in [5.74, 6) is -0.683. The Kier molecular flexibility index (Phi) is 9.36. The number of rotatable bonds is 6. The van der Waals surface area contributed by atoms with Crippen LogP contribution < -0.4 is 25.2 Å². The van der Waals surface area contributed by atoms with Gasteiger partial charge in [-0.15, -0.1) is 0 Å². The topological polar surface area (TPSA) is 114 Å². The van der Waals surface area contributed by atoms with Gasteiger partial charge in [-0.1, -0.05) is 24.3 Å². The van der Waals surface area contributed by atoms with Crippen LogP contribution in [-0.4, -0.2) is 52.4 Å². The lowest BCUT2D eigenvalue weighted by Gasteiger charge is -2.10. The van der Waals surface area contributed by atoms with Crippen molar-refractivity contribution < 1.29 is 34.2 Å². The summed E-state index contributed by atoms with van der Waals surface area (Å²) in [6.07, 6.45) is 2.88. The third-order valence-electron chi connectivity index (χ3n) is 4.17. The predicted octanol–water partition coefficient (Wildman–Crippen LogP) is 0.299. The molecule has 1 aliphatic heterocycles. The zero-order chi connectivity index (χ0) is 21.8. The van der Waals surface area contributed by atoms with E-state index in [1.165, 1.54) is 32.4 Å². The first kappa shape index (κ1) is 22.9. The highest BCUT2D eigenvalue weighted by molar-refractivity contribution is 6.05. The number of ether oxygens (including phenoxy) is 3. The molecule has 2 aromatic rings. The number of methoxy groups -OCH3 is 2. The smallest absolute Gasteiger partial charge is 0.248 e. The van der Waals surface area contributed by atoms with Crippen LogP contribution in [0.5, 0.6) is 11.5 Å². The summed E-state index contributed by atoms with van der Waals surface area (Å²) in [5.41, 5.74) is 0.834. The van der Waals surface area contributed by atoms with Crippen LogP contribution in [0.4, 0.5) is 5.69 Å². The fourth-order valence-corrected chi connectivity index (χ4v) is 2.65. The van der Waals surface area contributed by atoms with Crippen molar-refractivity contribution in [2.24, 2.45) is 0 Å². The standard InChI is InChI=1S/C18H17NO5.C4H9NO/c1-23-15-9-7-12(11-16(15)24-2)8-10-17(20)19-14-6-4-3-5-13(14)18(21)22;1-3-6-4-2-5-1/h3-11H,1-2H3,(H,19,20)(H,21,22);5H,1-4H2. The molecule has 1 fully saturated rings. The summed E-state index contributed by atoms with van der Waals surface area (Å²) >= 11 is 0. The number of carboxylic acid groups (broad SMARTS) is 1. The number of carbonyl (C=O) groups excluding carboxylic acids is 2. The molecular weight excluding hydrogens is 388 g/mol. The molecule has 0 aliphatic carbocycles. The quantitative estimate of drug-likeness (QED) is 0.658. The fourth-order valence-electron chi connectivity index (χ4n) is 2.65. The van der Waals surface area contributed by atoms with Gasteiger partial charge in [0.25, 0.3) is 0 Å². The number of para-hydroxylation sites is 1. The van der Waals surface area contributed by atoms with Gasteiger partial charge in [-0.05, 0) is 29.8 Å². The van der Waals surface area contributed by atoms with Crippen molar-refractivity contribution in [3.05, 3.63) is 59.7 Å². The second-order valence-electron chi connectivity index (χ2n) is 6.25. The maximum Gasteiger partial charge on any atom is 0.248 e. The number of benzene rings is 2. The minimum absolute atomic E-state index is 0.0784. The summed E-state index contributed by atoms with van der Waals surface area (Å²) < 4.78 is 15.4. The number of quaternary nitrogens is 1. The highest BCUT2D eigenvalue weighted by Crippen LogP contribution is 2.28. The highest BCUT2D eigenvalue weighted by atomic mass is 16.5. The first-order valence-electron chi connectivity index (χ1n) is 9.46. The average Bonchev–Trinajstić information content (AvgIpc) is 2.79. The molecule has 0 saturated carbocycles. The van der Waals surface area contributed by atoms with Gasteiger partial charge in [0.05, 0.1) is 52.2 Å². The Balaban J connectivity index is 0.000000456. The Hall–Kier alpha value is -3.36. The Morgan fingerprint density at radius 2 is 1.77 bits per heavy atom. The van der Waals surface area contributed by atoms with E-state index in [1.807, 2.05) is 0 Å². The third kappa shape index (κ3) is 7.23. The maximum absolute atomic E-state index is 12.0. The van der Waals surface area contributed by atoms with Crippen molar-refractivity contribution in [2.75, 3.05) is 45.8 Å². The van der Waals surface area contributed by atoms with Gasteiger partial charge < -0.3 is 34.7 Å². The van der Waals surface area contributed by atoms with Crippen molar-refractivity contribution in [2.45, 2.75) is 0 Å². The number of hydrogen-bond donors (Lipinski definition) is 2. The Bertz CT molecular complexity index is 866. The minimum atomic E-state index is -1.35. The van der Waals surface area contributed by atoms with E-state index in [2.05, 4.69) is 10.6 Å². The van der Waals surface area contributed by atoms with Crippen LogP contribution in [0.1, 0.15) is 15.9 Å². The van der Waals surface area contributed by atoms with E-state index < -0.39 is 11.9 Å². The van der Waals surface area contributed by atoms with Crippen LogP contribution in [0.3, 0.4) is 0 Å². The molecule has 0 spiro atoms. The number of aromatic carboxylic acids is 1. The second kappa shape index (κ2) is 12.3. The van der Waals surface area contributed by atoms with E-state index in [1.54, 1.807) is 36.4 Å². The normalized spacial score (nSPS) is 13.1. The molecule has 0 unspecified atom stereocenters. The molecule has 8 heteroatoms. The van der Waals surface area contributed by atoms with Crippen molar-refractivity contribution in [3.63, 3.8) is 0 Å². The lowest BCUT2D eigenvalue weighted by molar-refractivity contribution is -0.670. The van der Waals surface area contributed by atoms with E-state index in [4.69, 9.17) is 14.2 Å². The van der Waals surface area contributed by atoms with Crippen LogP contribution >= 0.6 is 0 Å². The molecule has 2 aromatic carbocycles. The number of nitrogens with one attached hydrogen (secondary N) is 1. The van der Waals surface area contributed by atoms with Crippen molar-refractivity contribution in [3.8, 4) is 11.5 Å².